The summed E-state index contributed by atoms with van der Waals surface area (Å²) in [5, 5.41) is 8.03. The van der Waals surface area contributed by atoms with E-state index in [0.29, 0.717) is 23.8 Å². The third-order valence-electron chi connectivity index (χ3n) is 4.38. The van der Waals surface area contributed by atoms with Crippen molar-refractivity contribution in [3.05, 3.63) is 34.6 Å². The molecule has 0 aliphatic rings. The van der Waals surface area contributed by atoms with E-state index in [1.807, 2.05) is 30.8 Å². The van der Waals surface area contributed by atoms with Crippen molar-refractivity contribution in [3.8, 4) is 17.2 Å². The maximum Gasteiger partial charge on any atom is 0.203 e. The molecule has 6 nitrogen and oxygen atoms in total. The molecular formula is C18H27N3O3. The Kier molecular flexibility index (Phi) is 5.72. The summed E-state index contributed by atoms with van der Waals surface area (Å²) in [5.74, 6) is 1.96. The fourth-order valence-corrected chi connectivity index (χ4v) is 3.08. The van der Waals surface area contributed by atoms with Gasteiger partial charge in [0.05, 0.1) is 27.0 Å². The minimum atomic E-state index is 0.177. The summed E-state index contributed by atoms with van der Waals surface area (Å²) >= 11 is 0. The van der Waals surface area contributed by atoms with Crippen molar-refractivity contribution >= 4 is 0 Å². The Hall–Kier alpha value is -2.21. The zero-order valence-electron chi connectivity index (χ0n) is 15.6. The van der Waals surface area contributed by atoms with Gasteiger partial charge in [-0.1, -0.05) is 6.07 Å². The fourth-order valence-electron chi connectivity index (χ4n) is 3.08. The molecule has 2 rings (SSSR count). The molecule has 24 heavy (non-hydrogen) atoms. The van der Waals surface area contributed by atoms with Gasteiger partial charge in [0.1, 0.15) is 0 Å². The van der Waals surface area contributed by atoms with Crippen molar-refractivity contribution in [2.24, 2.45) is 7.05 Å². The molecule has 0 saturated heterocycles. The Balaban J connectivity index is 2.22. The minimum Gasteiger partial charge on any atom is -0.493 e. The molecule has 6 heteroatoms. The standard InChI is InChI=1S/C18H27N3O3/c1-11(16-12(2)20-21(4)13(16)3)19-10-14-8-9-15(22-5)18(24-7)17(14)23-6/h8-9,11,19H,10H2,1-7H3/t11-/m1/s1. The van der Waals surface area contributed by atoms with E-state index in [4.69, 9.17) is 14.2 Å². The second kappa shape index (κ2) is 7.57. The maximum atomic E-state index is 5.54. The first-order valence-electron chi connectivity index (χ1n) is 7.95. The summed E-state index contributed by atoms with van der Waals surface area (Å²) in [4.78, 5) is 0. The van der Waals surface area contributed by atoms with Gasteiger partial charge in [0.15, 0.2) is 11.5 Å². The summed E-state index contributed by atoms with van der Waals surface area (Å²) < 4.78 is 18.2. The van der Waals surface area contributed by atoms with Crippen LogP contribution in [0.5, 0.6) is 17.2 Å². The second-order valence-corrected chi connectivity index (χ2v) is 5.80. The van der Waals surface area contributed by atoms with E-state index < -0.39 is 0 Å². The molecule has 1 aromatic heterocycles. The van der Waals surface area contributed by atoms with Crippen LogP contribution in [0.3, 0.4) is 0 Å². The average Bonchev–Trinajstić information content (AvgIpc) is 2.83. The van der Waals surface area contributed by atoms with Gasteiger partial charge in [-0.05, 0) is 26.8 Å². The second-order valence-electron chi connectivity index (χ2n) is 5.80. The Morgan fingerprint density at radius 3 is 2.25 bits per heavy atom. The number of nitrogens with one attached hydrogen (secondary N) is 1. The maximum absolute atomic E-state index is 5.54. The smallest absolute Gasteiger partial charge is 0.203 e. The van der Waals surface area contributed by atoms with E-state index in [1.165, 1.54) is 11.3 Å². The van der Waals surface area contributed by atoms with Crippen molar-refractivity contribution in [1.29, 1.82) is 0 Å². The Morgan fingerprint density at radius 1 is 1.08 bits per heavy atom. The molecule has 0 amide bonds. The van der Waals surface area contributed by atoms with Crippen molar-refractivity contribution in [2.45, 2.75) is 33.4 Å². The normalized spacial score (nSPS) is 12.1. The number of benzene rings is 1. The Morgan fingerprint density at radius 2 is 1.75 bits per heavy atom. The Bertz CT molecular complexity index is 710. The molecule has 2 aromatic rings. The van der Waals surface area contributed by atoms with Crippen LogP contribution < -0.4 is 19.5 Å². The van der Waals surface area contributed by atoms with Gasteiger partial charge in [-0.25, -0.2) is 0 Å². The largest absolute Gasteiger partial charge is 0.493 e. The van der Waals surface area contributed by atoms with E-state index >= 15 is 0 Å². The summed E-state index contributed by atoms with van der Waals surface area (Å²) in [6.45, 7) is 6.92. The molecule has 0 fully saturated rings. The number of rotatable bonds is 7. The van der Waals surface area contributed by atoms with Gasteiger partial charge in [-0.2, -0.15) is 5.10 Å². The molecule has 0 radical (unpaired) electrons. The highest BCUT2D eigenvalue weighted by atomic mass is 16.5. The lowest BCUT2D eigenvalue weighted by atomic mass is 10.1. The number of hydrogen-bond donors (Lipinski definition) is 1. The highest BCUT2D eigenvalue weighted by Crippen LogP contribution is 2.39. The number of ether oxygens (including phenoxy) is 3. The quantitative estimate of drug-likeness (QED) is 0.844. The molecule has 0 saturated carbocycles. The highest BCUT2D eigenvalue weighted by Gasteiger charge is 2.19. The van der Waals surface area contributed by atoms with Crippen LogP contribution in [0.25, 0.3) is 0 Å². The molecule has 0 aliphatic heterocycles. The number of aromatic nitrogens is 2. The zero-order chi connectivity index (χ0) is 17.9. The van der Waals surface area contributed by atoms with Crippen molar-refractivity contribution in [1.82, 2.24) is 15.1 Å². The van der Waals surface area contributed by atoms with E-state index in [0.717, 1.165) is 11.3 Å². The fraction of sp³-hybridized carbons (Fsp3) is 0.500. The van der Waals surface area contributed by atoms with Gasteiger partial charge in [-0.15, -0.1) is 0 Å². The van der Waals surface area contributed by atoms with E-state index in [-0.39, 0.29) is 6.04 Å². The molecule has 0 bridgehead atoms. The molecule has 1 atom stereocenters. The lowest BCUT2D eigenvalue weighted by Crippen LogP contribution is -2.20. The van der Waals surface area contributed by atoms with Crippen LogP contribution >= 0.6 is 0 Å². The summed E-state index contributed by atoms with van der Waals surface area (Å²) in [5.41, 5.74) is 4.47. The molecule has 0 unspecified atom stereocenters. The van der Waals surface area contributed by atoms with Crippen LogP contribution in [0.2, 0.25) is 0 Å². The Labute approximate surface area is 143 Å². The summed E-state index contributed by atoms with van der Waals surface area (Å²) in [7, 11) is 6.84. The molecule has 1 heterocycles. The number of hydrogen-bond acceptors (Lipinski definition) is 5. The van der Waals surface area contributed by atoms with Crippen LogP contribution in [0.4, 0.5) is 0 Å². The van der Waals surface area contributed by atoms with Crippen LogP contribution in [-0.2, 0) is 13.6 Å². The first-order chi connectivity index (χ1) is 11.4. The van der Waals surface area contributed by atoms with Gasteiger partial charge in [-0.3, -0.25) is 4.68 Å². The molecule has 1 N–H and O–H groups in total. The van der Waals surface area contributed by atoms with E-state index in [1.54, 1.807) is 21.3 Å². The SMILES string of the molecule is COc1ccc(CN[C@H](C)c2c(C)nn(C)c2C)c(OC)c1OC. The van der Waals surface area contributed by atoms with Crippen molar-refractivity contribution in [3.63, 3.8) is 0 Å². The predicted octanol–water partition coefficient (Wildman–Crippen LogP) is 2.91. The van der Waals surface area contributed by atoms with Crippen molar-refractivity contribution < 1.29 is 14.2 Å². The van der Waals surface area contributed by atoms with E-state index in [9.17, 15) is 0 Å². The molecule has 132 valence electrons. The van der Waals surface area contributed by atoms with Crippen LogP contribution in [0, 0.1) is 13.8 Å². The molecule has 0 spiro atoms. The molecule has 1 aromatic carbocycles. The topological polar surface area (TPSA) is 57.5 Å². The number of methoxy groups -OCH3 is 3. The van der Waals surface area contributed by atoms with Crippen LogP contribution in [0.1, 0.15) is 35.5 Å². The van der Waals surface area contributed by atoms with E-state index in [2.05, 4.69) is 24.3 Å². The highest BCUT2D eigenvalue weighted by molar-refractivity contribution is 5.55. The van der Waals surface area contributed by atoms with Gasteiger partial charge in [0, 0.05) is 36.5 Å². The summed E-state index contributed by atoms with van der Waals surface area (Å²) in [6, 6.07) is 4.06. The van der Waals surface area contributed by atoms with Gasteiger partial charge in [0.2, 0.25) is 5.75 Å². The van der Waals surface area contributed by atoms with Gasteiger partial charge >= 0.3 is 0 Å². The van der Waals surface area contributed by atoms with Crippen LogP contribution in [0.15, 0.2) is 12.1 Å². The lowest BCUT2D eigenvalue weighted by Gasteiger charge is -2.19. The van der Waals surface area contributed by atoms with Crippen LogP contribution in [-0.4, -0.2) is 31.1 Å². The molecule has 0 aliphatic carbocycles. The average molecular weight is 333 g/mol. The predicted molar refractivity (Wildman–Crippen MR) is 94.0 cm³/mol. The summed E-state index contributed by atoms with van der Waals surface area (Å²) in [6.07, 6.45) is 0. The molecular weight excluding hydrogens is 306 g/mol. The lowest BCUT2D eigenvalue weighted by molar-refractivity contribution is 0.321. The first kappa shape index (κ1) is 18.1. The number of nitrogens with zero attached hydrogens (tertiary/aromatic N) is 2. The number of aryl methyl sites for hydroxylation is 2. The van der Waals surface area contributed by atoms with Gasteiger partial charge < -0.3 is 19.5 Å². The third-order valence-corrected chi connectivity index (χ3v) is 4.38. The zero-order valence-corrected chi connectivity index (χ0v) is 15.6. The van der Waals surface area contributed by atoms with Crippen molar-refractivity contribution in [2.75, 3.05) is 21.3 Å². The third kappa shape index (κ3) is 3.33. The van der Waals surface area contributed by atoms with Gasteiger partial charge in [0.25, 0.3) is 0 Å². The minimum absolute atomic E-state index is 0.177. The monoisotopic (exact) mass is 333 g/mol. The first-order valence-corrected chi connectivity index (χ1v) is 7.95.